The molecule has 0 bridgehead atoms. The summed E-state index contributed by atoms with van der Waals surface area (Å²) in [4.78, 5) is 24.5. The smallest absolute Gasteiger partial charge is 0.273 e. The Hall–Kier alpha value is -4.74. The number of ether oxygens (including phenoxy) is 3. The minimum atomic E-state index is -4.59. The highest BCUT2D eigenvalue weighted by molar-refractivity contribution is 7.93. The first-order chi connectivity index (χ1) is 24.3. The Kier molecular flexibility index (Phi) is 9.13. The van der Waals surface area contributed by atoms with Crippen LogP contribution in [0.4, 0.5) is 5.69 Å². The van der Waals surface area contributed by atoms with E-state index < -0.39 is 21.5 Å². The lowest BCUT2D eigenvalue weighted by Crippen LogP contribution is -2.61. The molecule has 0 saturated carbocycles. The molecule has 13 heteroatoms. The van der Waals surface area contributed by atoms with Crippen LogP contribution in [0.5, 0.6) is 17.2 Å². The fraction of sp³-hybridized carbons (Fsp3) is 0.378. The minimum absolute atomic E-state index is 0.139. The normalized spacial score (nSPS) is 20.4. The number of benzene rings is 3. The number of methoxy groups -OCH3 is 2. The number of fused-ring (bicyclic) bond motifs is 2. The van der Waals surface area contributed by atoms with E-state index in [-0.39, 0.29) is 16.1 Å². The highest BCUT2D eigenvalue weighted by atomic mass is 32.2. The molecule has 0 spiro atoms. The Morgan fingerprint density at radius 3 is 2.42 bits per heavy atom. The molecule has 50 heavy (non-hydrogen) atoms. The summed E-state index contributed by atoms with van der Waals surface area (Å²) in [6.45, 7) is 6.38. The molecule has 12 nitrogen and oxygen atoms in total. The number of nitrogens with zero attached hydrogens (tertiary/aromatic N) is 5. The van der Waals surface area contributed by atoms with Gasteiger partial charge in [0.1, 0.15) is 22.1 Å². The van der Waals surface area contributed by atoms with Gasteiger partial charge in [-0.3, -0.25) is 19.6 Å². The molecule has 2 saturated heterocycles. The molecule has 3 aliphatic heterocycles. The van der Waals surface area contributed by atoms with Crippen molar-refractivity contribution in [2.75, 3.05) is 64.4 Å². The van der Waals surface area contributed by atoms with E-state index in [0.717, 1.165) is 30.2 Å². The maximum Gasteiger partial charge on any atom is 0.273 e. The number of sulfonamides is 1. The zero-order valence-electron chi connectivity index (χ0n) is 28.4. The van der Waals surface area contributed by atoms with E-state index in [2.05, 4.69) is 26.2 Å². The lowest BCUT2D eigenvalue weighted by atomic mass is 9.80. The van der Waals surface area contributed by atoms with Gasteiger partial charge in [-0.1, -0.05) is 0 Å². The van der Waals surface area contributed by atoms with Gasteiger partial charge in [-0.25, -0.2) is 12.7 Å². The zero-order chi connectivity index (χ0) is 35.0. The summed E-state index contributed by atoms with van der Waals surface area (Å²) >= 11 is 0. The molecule has 0 radical (unpaired) electrons. The van der Waals surface area contributed by atoms with Gasteiger partial charge in [0.25, 0.3) is 15.9 Å². The van der Waals surface area contributed by atoms with Crippen LogP contribution in [0.15, 0.2) is 71.8 Å². The molecule has 4 aromatic rings. The van der Waals surface area contributed by atoms with Crippen LogP contribution in [0.25, 0.3) is 10.9 Å². The van der Waals surface area contributed by atoms with E-state index in [0.29, 0.717) is 78.2 Å². The number of nitriles is 1. The van der Waals surface area contributed by atoms with Gasteiger partial charge in [-0.15, -0.1) is 0 Å². The Morgan fingerprint density at radius 1 is 0.960 bits per heavy atom. The largest absolute Gasteiger partial charge is 0.497 e. The zero-order valence-corrected chi connectivity index (χ0v) is 29.2. The minimum Gasteiger partial charge on any atom is -0.497 e. The molecule has 3 aliphatic rings. The van der Waals surface area contributed by atoms with Crippen LogP contribution in [-0.4, -0.2) is 95.2 Å². The van der Waals surface area contributed by atoms with Crippen LogP contribution in [0, 0.1) is 11.3 Å². The van der Waals surface area contributed by atoms with Crippen molar-refractivity contribution in [3.05, 3.63) is 83.6 Å². The van der Waals surface area contributed by atoms with E-state index in [1.807, 2.05) is 6.92 Å². The van der Waals surface area contributed by atoms with Crippen molar-refractivity contribution in [2.24, 2.45) is 0 Å². The maximum absolute atomic E-state index is 15.7. The molecule has 260 valence electrons. The Bertz CT molecular complexity index is 2090. The fourth-order valence-electron chi connectivity index (χ4n) is 7.82. The van der Waals surface area contributed by atoms with Crippen molar-refractivity contribution < 1.29 is 27.4 Å². The average molecular weight is 697 g/mol. The van der Waals surface area contributed by atoms with E-state index in [1.54, 1.807) is 61.7 Å². The standard InChI is InChI=1S/C37H40N6O6S/c1-4-49-33-10-8-27(47-2)23-30(33)37(42-20-18-41(19-21-42)26-13-16-39-17-14-26)29-22-25(24-38)7-9-31(29)43(36(37)44)50(45,46)34-12-11-32(48-3)28-6-5-15-40-35(28)34/h5-12,15,22-23,26,39H,4,13-14,16-21H2,1-3H3. The molecule has 1 unspecified atom stereocenters. The molecule has 1 N–H and O–H groups in total. The summed E-state index contributed by atoms with van der Waals surface area (Å²) in [6.07, 6.45) is 3.59. The molecule has 0 aliphatic carbocycles. The number of hydrogen-bond acceptors (Lipinski definition) is 11. The van der Waals surface area contributed by atoms with Gasteiger partial charge in [0.05, 0.1) is 43.7 Å². The van der Waals surface area contributed by atoms with Crippen molar-refractivity contribution in [2.45, 2.75) is 36.2 Å². The van der Waals surface area contributed by atoms with E-state index in [9.17, 15) is 5.26 Å². The number of aromatic nitrogens is 1. The molecule has 2 fully saturated rings. The van der Waals surface area contributed by atoms with Crippen molar-refractivity contribution >= 4 is 32.5 Å². The van der Waals surface area contributed by atoms with Gasteiger partial charge in [0.2, 0.25) is 0 Å². The Morgan fingerprint density at radius 2 is 1.72 bits per heavy atom. The number of hydrogen-bond donors (Lipinski definition) is 1. The fourth-order valence-corrected chi connectivity index (χ4v) is 9.43. The second kappa shape index (κ2) is 13.5. The second-order valence-electron chi connectivity index (χ2n) is 12.6. The monoisotopic (exact) mass is 696 g/mol. The summed E-state index contributed by atoms with van der Waals surface area (Å²) in [5.74, 6) is 0.671. The van der Waals surface area contributed by atoms with Gasteiger partial charge in [0.15, 0.2) is 5.54 Å². The highest BCUT2D eigenvalue weighted by Crippen LogP contribution is 2.54. The van der Waals surface area contributed by atoms with E-state index in [1.165, 1.54) is 19.4 Å². The summed E-state index contributed by atoms with van der Waals surface area (Å²) in [7, 11) is -1.54. The molecule has 3 aromatic carbocycles. The van der Waals surface area contributed by atoms with E-state index in [4.69, 9.17) is 14.2 Å². The predicted octanol–water partition coefficient (Wildman–Crippen LogP) is 3.87. The van der Waals surface area contributed by atoms with Crippen LogP contribution < -0.4 is 23.8 Å². The van der Waals surface area contributed by atoms with Crippen molar-refractivity contribution in [1.29, 1.82) is 5.26 Å². The first-order valence-electron chi connectivity index (χ1n) is 16.9. The van der Waals surface area contributed by atoms with Crippen molar-refractivity contribution in [3.63, 3.8) is 0 Å². The SMILES string of the molecule is CCOc1ccc(OC)cc1C1(N2CCN(C3CCNCC3)CC2)C(=O)N(S(=O)(=O)c2ccc(OC)c3cccnc23)c2ccc(C#N)cc21. The highest BCUT2D eigenvalue weighted by Gasteiger charge is 2.61. The van der Waals surface area contributed by atoms with Gasteiger partial charge in [-0.05, 0) is 93.5 Å². The number of rotatable bonds is 9. The molecular weight excluding hydrogens is 657 g/mol. The van der Waals surface area contributed by atoms with Crippen LogP contribution in [0.2, 0.25) is 0 Å². The first kappa shape index (κ1) is 33.7. The summed E-state index contributed by atoms with van der Waals surface area (Å²) in [6, 6.07) is 19.1. The van der Waals surface area contributed by atoms with Gasteiger partial charge >= 0.3 is 0 Å². The number of nitrogens with one attached hydrogen (secondary N) is 1. The molecule has 4 heterocycles. The number of piperazine rings is 1. The third-order valence-electron chi connectivity index (χ3n) is 10.1. The number of carbonyl (C=O) groups excluding carboxylic acids is 1. The summed E-state index contributed by atoms with van der Waals surface area (Å²) < 4.78 is 48.4. The van der Waals surface area contributed by atoms with Crippen LogP contribution in [-0.2, 0) is 20.4 Å². The lowest BCUT2D eigenvalue weighted by molar-refractivity contribution is -0.128. The number of carbonyl (C=O) groups is 1. The Labute approximate surface area is 292 Å². The van der Waals surface area contributed by atoms with Crippen molar-refractivity contribution in [3.8, 4) is 23.3 Å². The van der Waals surface area contributed by atoms with Crippen LogP contribution >= 0.6 is 0 Å². The van der Waals surface area contributed by atoms with Gasteiger partial charge < -0.3 is 19.5 Å². The van der Waals surface area contributed by atoms with Gasteiger partial charge in [0, 0.05) is 54.9 Å². The third-order valence-corrected chi connectivity index (χ3v) is 11.9. The number of anilines is 1. The molecule has 7 rings (SSSR count). The molecule has 1 amide bonds. The maximum atomic E-state index is 15.7. The van der Waals surface area contributed by atoms with Crippen molar-refractivity contribution in [1.82, 2.24) is 20.1 Å². The Balaban J connectivity index is 1.46. The molecule has 1 aromatic heterocycles. The second-order valence-corrected chi connectivity index (χ2v) is 14.3. The lowest BCUT2D eigenvalue weighted by Gasteiger charge is -2.47. The van der Waals surface area contributed by atoms with Gasteiger partial charge in [-0.2, -0.15) is 5.26 Å². The molecule has 1 atom stereocenters. The third kappa shape index (κ3) is 5.34. The number of amides is 1. The first-order valence-corrected chi connectivity index (χ1v) is 18.3. The molecular formula is C37H40N6O6S. The topological polar surface area (TPSA) is 137 Å². The predicted molar refractivity (Wildman–Crippen MR) is 188 cm³/mol. The van der Waals surface area contributed by atoms with E-state index >= 15 is 13.2 Å². The quantitative estimate of drug-likeness (QED) is 0.273. The van der Waals surface area contributed by atoms with Crippen LogP contribution in [0.3, 0.4) is 0 Å². The summed E-state index contributed by atoms with van der Waals surface area (Å²) in [5, 5.41) is 14.0. The summed E-state index contributed by atoms with van der Waals surface area (Å²) in [5.41, 5.74) is -0.194. The number of pyridine rings is 1. The van der Waals surface area contributed by atoms with Crippen LogP contribution in [0.1, 0.15) is 36.5 Å². The number of piperidine rings is 1. The average Bonchev–Trinajstić information content (AvgIpc) is 3.43.